The van der Waals surface area contributed by atoms with E-state index in [9.17, 15) is 4.79 Å². The first-order valence-corrected chi connectivity index (χ1v) is 10.4. The van der Waals surface area contributed by atoms with Gasteiger partial charge in [0.2, 0.25) is 5.91 Å². The van der Waals surface area contributed by atoms with Crippen LogP contribution in [-0.2, 0) is 11.2 Å². The van der Waals surface area contributed by atoms with Gasteiger partial charge in [0.1, 0.15) is 11.5 Å². The second-order valence-corrected chi connectivity index (χ2v) is 7.84. The van der Waals surface area contributed by atoms with Crippen LogP contribution in [0, 0.1) is 0 Å². The quantitative estimate of drug-likeness (QED) is 0.564. The highest BCUT2D eigenvalue weighted by Gasteiger charge is 2.31. The van der Waals surface area contributed by atoms with Crippen LogP contribution in [0.3, 0.4) is 0 Å². The maximum absolute atomic E-state index is 13.2. The molecule has 0 aliphatic carbocycles. The molecule has 1 aliphatic heterocycles. The van der Waals surface area contributed by atoms with Gasteiger partial charge >= 0.3 is 0 Å². The zero-order valence-electron chi connectivity index (χ0n) is 16.5. The van der Waals surface area contributed by atoms with Crippen LogP contribution in [-0.4, -0.2) is 31.6 Å². The molecule has 2 heterocycles. The maximum atomic E-state index is 13.2. The highest BCUT2D eigenvalue weighted by molar-refractivity contribution is 7.10. The Labute approximate surface area is 175 Å². The molecule has 1 atom stereocenters. The largest absolute Gasteiger partial charge is 0.497 e. The number of carbonyl (C=O) groups excluding carboxylic acids is 1. The topological polar surface area (TPSA) is 38.8 Å². The predicted molar refractivity (Wildman–Crippen MR) is 117 cm³/mol. The molecular weight excluding hydrogens is 382 g/mol. The molecule has 0 unspecified atom stereocenters. The van der Waals surface area contributed by atoms with Crippen molar-refractivity contribution < 1.29 is 14.3 Å². The maximum Gasteiger partial charge on any atom is 0.247 e. The van der Waals surface area contributed by atoms with Gasteiger partial charge in [0.15, 0.2) is 0 Å². The zero-order chi connectivity index (χ0) is 20.2. The smallest absolute Gasteiger partial charge is 0.247 e. The Hall–Kier alpha value is -3.05. The van der Waals surface area contributed by atoms with E-state index in [-0.39, 0.29) is 11.9 Å². The van der Waals surface area contributed by atoms with Crippen LogP contribution in [0.15, 0.2) is 66.1 Å². The van der Waals surface area contributed by atoms with Crippen molar-refractivity contribution >= 4 is 23.3 Å². The lowest BCUT2D eigenvalue weighted by Crippen LogP contribution is -2.39. The van der Waals surface area contributed by atoms with Crippen LogP contribution >= 0.6 is 11.3 Å². The molecule has 0 saturated carbocycles. The van der Waals surface area contributed by atoms with Crippen LogP contribution in [0.4, 0.5) is 0 Å². The van der Waals surface area contributed by atoms with Crippen molar-refractivity contribution in [3.63, 3.8) is 0 Å². The standard InChI is InChI=1S/C24H23NO3S/c1-27-19-9-10-21(28-2)18(16-19)8-11-23(26)25-14-12-22-20(13-15-29-22)24(25)17-6-4-3-5-7-17/h3-11,13,15-16,24H,12,14H2,1-2H3/b11-8+/t24-/m1/s1. The summed E-state index contributed by atoms with van der Waals surface area (Å²) in [5, 5.41) is 2.12. The number of carbonyl (C=O) groups is 1. The summed E-state index contributed by atoms with van der Waals surface area (Å²) in [6.45, 7) is 0.700. The first kappa shape index (κ1) is 19.3. The molecule has 0 spiro atoms. The molecule has 3 aromatic rings. The van der Waals surface area contributed by atoms with Gasteiger partial charge in [0.25, 0.3) is 0 Å². The molecule has 1 aromatic heterocycles. The summed E-state index contributed by atoms with van der Waals surface area (Å²) in [5.41, 5.74) is 3.17. The molecule has 148 valence electrons. The minimum atomic E-state index is -0.0597. The van der Waals surface area contributed by atoms with Crippen LogP contribution in [0.2, 0.25) is 0 Å². The third-order valence-electron chi connectivity index (χ3n) is 5.21. The van der Waals surface area contributed by atoms with E-state index in [1.807, 2.05) is 41.3 Å². The van der Waals surface area contributed by atoms with Gasteiger partial charge < -0.3 is 14.4 Å². The summed E-state index contributed by atoms with van der Waals surface area (Å²) in [7, 11) is 3.24. The van der Waals surface area contributed by atoms with E-state index in [0.29, 0.717) is 12.3 Å². The lowest BCUT2D eigenvalue weighted by molar-refractivity contribution is -0.127. The molecular formula is C24H23NO3S. The number of rotatable bonds is 5. The Kier molecular flexibility index (Phi) is 5.67. The van der Waals surface area contributed by atoms with Gasteiger partial charge in [-0.3, -0.25) is 4.79 Å². The SMILES string of the molecule is COc1ccc(OC)c(/C=C/C(=O)N2CCc3sccc3[C@H]2c2ccccc2)c1. The Morgan fingerprint density at radius 3 is 2.69 bits per heavy atom. The Balaban J connectivity index is 1.65. The monoisotopic (exact) mass is 405 g/mol. The Morgan fingerprint density at radius 1 is 1.10 bits per heavy atom. The number of hydrogen-bond donors (Lipinski definition) is 0. The number of amides is 1. The molecule has 4 rings (SSSR count). The predicted octanol–water partition coefficient (Wildman–Crippen LogP) is 4.95. The minimum absolute atomic E-state index is 0.0134. The highest BCUT2D eigenvalue weighted by atomic mass is 32.1. The third-order valence-corrected chi connectivity index (χ3v) is 6.20. The van der Waals surface area contributed by atoms with Crippen molar-refractivity contribution in [2.45, 2.75) is 12.5 Å². The summed E-state index contributed by atoms with van der Waals surface area (Å²) >= 11 is 1.77. The molecule has 0 radical (unpaired) electrons. The number of hydrogen-bond acceptors (Lipinski definition) is 4. The first-order chi connectivity index (χ1) is 14.2. The van der Waals surface area contributed by atoms with Crippen molar-refractivity contribution in [3.05, 3.63) is 87.6 Å². The number of nitrogens with zero attached hydrogens (tertiary/aromatic N) is 1. The fourth-order valence-corrected chi connectivity index (χ4v) is 4.68. The van der Waals surface area contributed by atoms with Gasteiger partial charge in [-0.25, -0.2) is 0 Å². The molecule has 2 aromatic carbocycles. The molecule has 29 heavy (non-hydrogen) atoms. The number of fused-ring (bicyclic) bond motifs is 1. The second-order valence-electron chi connectivity index (χ2n) is 6.84. The molecule has 0 bridgehead atoms. The van der Waals surface area contributed by atoms with Gasteiger partial charge in [-0.05, 0) is 53.3 Å². The molecule has 1 aliphatic rings. The summed E-state index contributed by atoms with van der Waals surface area (Å²) in [4.78, 5) is 16.5. The lowest BCUT2D eigenvalue weighted by atomic mass is 9.93. The first-order valence-electron chi connectivity index (χ1n) is 9.53. The third kappa shape index (κ3) is 3.91. The second kappa shape index (κ2) is 8.53. The van der Waals surface area contributed by atoms with E-state index in [4.69, 9.17) is 9.47 Å². The van der Waals surface area contributed by atoms with Gasteiger partial charge in [-0.1, -0.05) is 30.3 Å². The molecule has 0 N–H and O–H groups in total. The van der Waals surface area contributed by atoms with Crippen molar-refractivity contribution in [1.82, 2.24) is 4.90 Å². The van der Waals surface area contributed by atoms with E-state index in [0.717, 1.165) is 23.3 Å². The van der Waals surface area contributed by atoms with Crippen molar-refractivity contribution in [2.24, 2.45) is 0 Å². The van der Waals surface area contributed by atoms with Gasteiger partial charge in [0.05, 0.1) is 20.3 Å². The van der Waals surface area contributed by atoms with Crippen LogP contribution in [0.25, 0.3) is 6.08 Å². The number of thiophene rings is 1. The molecule has 0 saturated heterocycles. The molecule has 0 fully saturated rings. The van der Waals surface area contributed by atoms with Gasteiger partial charge in [-0.15, -0.1) is 11.3 Å². The van der Waals surface area contributed by atoms with E-state index in [1.54, 1.807) is 37.7 Å². The number of benzene rings is 2. The van der Waals surface area contributed by atoms with Gasteiger partial charge in [0, 0.05) is 23.1 Å². The minimum Gasteiger partial charge on any atom is -0.497 e. The lowest BCUT2D eigenvalue weighted by Gasteiger charge is -2.35. The van der Waals surface area contributed by atoms with E-state index >= 15 is 0 Å². The Bertz CT molecular complexity index is 1030. The van der Waals surface area contributed by atoms with E-state index < -0.39 is 0 Å². The van der Waals surface area contributed by atoms with Gasteiger partial charge in [-0.2, -0.15) is 0 Å². The van der Waals surface area contributed by atoms with E-state index in [2.05, 4.69) is 23.6 Å². The summed E-state index contributed by atoms with van der Waals surface area (Å²) < 4.78 is 10.7. The zero-order valence-corrected chi connectivity index (χ0v) is 17.3. The fourth-order valence-electron chi connectivity index (χ4n) is 3.78. The van der Waals surface area contributed by atoms with Crippen molar-refractivity contribution in [1.29, 1.82) is 0 Å². The average Bonchev–Trinajstić information content (AvgIpc) is 3.26. The van der Waals surface area contributed by atoms with Crippen LogP contribution in [0.1, 0.15) is 27.6 Å². The highest BCUT2D eigenvalue weighted by Crippen LogP contribution is 2.38. The van der Waals surface area contributed by atoms with Crippen LogP contribution < -0.4 is 9.47 Å². The molecule has 4 nitrogen and oxygen atoms in total. The summed E-state index contributed by atoms with van der Waals surface area (Å²) in [6.07, 6.45) is 4.32. The van der Waals surface area contributed by atoms with Crippen molar-refractivity contribution in [2.75, 3.05) is 20.8 Å². The van der Waals surface area contributed by atoms with E-state index in [1.165, 1.54) is 10.4 Å². The van der Waals surface area contributed by atoms with Crippen LogP contribution in [0.5, 0.6) is 11.5 Å². The number of methoxy groups -OCH3 is 2. The molecule has 1 amide bonds. The normalized spacial score (nSPS) is 15.9. The van der Waals surface area contributed by atoms with Crippen molar-refractivity contribution in [3.8, 4) is 11.5 Å². The fraction of sp³-hybridized carbons (Fsp3) is 0.208. The summed E-state index contributed by atoms with van der Waals surface area (Å²) in [6, 6.07) is 17.9. The Morgan fingerprint density at radius 2 is 1.93 bits per heavy atom. The summed E-state index contributed by atoms with van der Waals surface area (Å²) in [5.74, 6) is 1.41. The average molecular weight is 406 g/mol. The number of ether oxygens (including phenoxy) is 2. The molecule has 5 heteroatoms.